The number of hydrogen-bond donors (Lipinski definition) is 0. The number of morpholine rings is 1. The molecule has 11 nitrogen and oxygen atoms in total. The standard InChI is InChI=1S/C27H38F3N5O6/c28-20-13-21-26(40)33-4-1-18(11-22(36)32-7-9-41-10-8-32)19(14-33)12-23(37)34(17-25(39)35(21)15-20)16-24(38)31-5-2-27(29,30)3-6-31/h18-21H,1-17H2/t18-,19-,20-,21-/m0/s1. The monoisotopic (exact) mass is 585 g/mol. The number of nitrogens with zero attached hydrogens (tertiary/aromatic N) is 5. The molecule has 0 unspecified atom stereocenters. The van der Waals surface area contributed by atoms with Crippen molar-refractivity contribution in [3.63, 3.8) is 0 Å². The van der Waals surface area contributed by atoms with Crippen LogP contribution in [-0.2, 0) is 28.7 Å². The largest absolute Gasteiger partial charge is 0.378 e. The molecular formula is C27H38F3N5O6. The van der Waals surface area contributed by atoms with Gasteiger partial charge in [0, 0.05) is 71.4 Å². The Bertz CT molecular complexity index is 1050. The molecule has 2 bridgehead atoms. The Morgan fingerprint density at radius 2 is 1.59 bits per heavy atom. The van der Waals surface area contributed by atoms with Gasteiger partial charge in [-0.15, -0.1) is 0 Å². The van der Waals surface area contributed by atoms with E-state index in [1.54, 1.807) is 9.80 Å². The molecule has 0 aromatic rings. The number of carbonyl (C=O) groups is 5. The fraction of sp³-hybridized carbons (Fsp3) is 0.815. The summed E-state index contributed by atoms with van der Waals surface area (Å²) in [6.07, 6.45) is -1.90. The Hall–Kier alpha value is -2.90. The van der Waals surface area contributed by atoms with Crippen molar-refractivity contribution in [3.05, 3.63) is 0 Å². The van der Waals surface area contributed by atoms with Crippen molar-refractivity contribution in [2.24, 2.45) is 11.8 Å². The first kappa shape index (κ1) is 29.6. The number of piperidine rings is 2. The molecule has 5 rings (SSSR count). The summed E-state index contributed by atoms with van der Waals surface area (Å²) in [7, 11) is 0. The van der Waals surface area contributed by atoms with Gasteiger partial charge in [0.2, 0.25) is 29.5 Å². The molecular weight excluding hydrogens is 547 g/mol. The lowest BCUT2D eigenvalue weighted by Crippen LogP contribution is -2.53. The number of hydrogen-bond acceptors (Lipinski definition) is 6. The van der Waals surface area contributed by atoms with Gasteiger partial charge in [-0.3, -0.25) is 24.0 Å². The summed E-state index contributed by atoms with van der Waals surface area (Å²) in [5, 5.41) is 0. The van der Waals surface area contributed by atoms with Gasteiger partial charge in [0.25, 0.3) is 5.92 Å². The van der Waals surface area contributed by atoms with E-state index in [9.17, 15) is 37.1 Å². The van der Waals surface area contributed by atoms with Crippen LogP contribution in [0.2, 0.25) is 0 Å². The molecule has 0 N–H and O–H groups in total. The highest BCUT2D eigenvalue weighted by molar-refractivity contribution is 5.93. The van der Waals surface area contributed by atoms with Crippen molar-refractivity contribution in [1.29, 1.82) is 0 Å². The van der Waals surface area contributed by atoms with E-state index < -0.39 is 67.7 Å². The molecule has 5 aliphatic heterocycles. The fourth-order valence-electron chi connectivity index (χ4n) is 6.64. The van der Waals surface area contributed by atoms with E-state index in [4.69, 9.17) is 4.74 Å². The number of likely N-dealkylation sites (tertiary alicyclic amines) is 1. The van der Waals surface area contributed by atoms with Crippen LogP contribution < -0.4 is 0 Å². The van der Waals surface area contributed by atoms with E-state index in [1.807, 2.05) is 0 Å². The second-order valence-corrected chi connectivity index (χ2v) is 11.9. The van der Waals surface area contributed by atoms with Crippen molar-refractivity contribution in [2.45, 2.75) is 56.7 Å². The van der Waals surface area contributed by atoms with Gasteiger partial charge in [0.1, 0.15) is 25.3 Å². The number of ether oxygens (including phenoxy) is 1. The molecule has 0 aromatic heterocycles. The Labute approximate surface area is 236 Å². The highest BCUT2D eigenvalue weighted by atomic mass is 19.3. The minimum Gasteiger partial charge on any atom is -0.378 e. The van der Waals surface area contributed by atoms with Crippen LogP contribution in [0.3, 0.4) is 0 Å². The van der Waals surface area contributed by atoms with Crippen LogP contribution in [0.1, 0.15) is 38.5 Å². The summed E-state index contributed by atoms with van der Waals surface area (Å²) < 4.78 is 47.1. The minimum atomic E-state index is -2.85. The molecule has 14 heteroatoms. The van der Waals surface area contributed by atoms with Crippen LogP contribution in [0.5, 0.6) is 0 Å². The first-order valence-electron chi connectivity index (χ1n) is 14.5. The molecule has 228 valence electrons. The summed E-state index contributed by atoms with van der Waals surface area (Å²) in [6, 6.07) is -1.00. The minimum absolute atomic E-state index is 0.0498. The lowest BCUT2D eigenvalue weighted by Gasteiger charge is -2.40. The quantitative estimate of drug-likeness (QED) is 0.464. The zero-order valence-electron chi connectivity index (χ0n) is 23.1. The van der Waals surface area contributed by atoms with Crippen LogP contribution in [-0.4, -0.2) is 144 Å². The van der Waals surface area contributed by atoms with Gasteiger partial charge in [-0.05, 0) is 18.3 Å². The third kappa shape index (κ3) is 6.78. The molecule has 5 fully saturated rings. The van der Waals surface area contributed by atoms with Gasteiger partial charge < -0.3 is 29.2 Å². The Kier molecular flexibility index (Phi) is 8.76. The third-order valence-corrected chi connectivity index (χ3v) is 9.15. The zero-order chi connectivity index (χ0) is 29.3. The van der Waals surface area contributed by atoms with Crippen molar-refractivity contribution in [3.8, 4) is 0 Å². The lowest BCUT2D eigenvalue weighted by molar-refractivity contribution is -0.149. The number of rotatable bonds is 4. The average Bonchev–Trinajstić information content (AvgIpc) is 3.34. The smallest absolute Gasteiger partial charge is 0.251 e. The molecule has 0 radical (unpaired) electrons. The van der Waals surface area contributed by atoms with Crippen molar-refractivity contribution in [1.82, 2.24) is 24.5 Å². The van der Waals surface area contributed by atoms with Crippen LogP contribution in [0, 0.1) is 11.8 Å². The van der Waals surface area contributed by atoms with Crippen LogP contribution in [0.4, 0.5) is 13.2 Å². The maximum Gasteiger partial charge on any atom is 0.251 e. The van der Waals surface area contributed by atoms with E-state index in [0.717, 1.165) is 9.80 Å². The Morgan fingerprint density at radius 3 is 2.29 bits per heavy atom. The molecule has 0 aliphatic carbocycles. The number of halogens is 3. The van der Waals surface area contributed by atoms with Crippen LogP contribution in [0.25, 0.3) is 0 Å². The van der Waals surface area contributed by atoms with E-state index in [-0.39, 0.29) is 63.2 Å². The van der Waals surface area contributed by atoms with Crippen LogP contribution in [0.15, 0.2) is 0 Å². The molecule has 5 saturated heterocycles. The topological polar surface area (TPSA) is 111 Å². The van der Waals surface area contributed by atoms with Gasteiger partial charge in [0.05, 0.1) is 19.8 Å². The first-order chi connectivity index (χ1) is 19.5. The fourth-order valence-corrected chi connectivity index (χ4v) is 6.64. The molecule has 0 saturated carbocycles. The average molecular weight is 586 g/mol. The lowest BCUT2D eigenvalue weighted by atomic mass is 9.80. The molecule has 0 aromatic carbocycles. The summed E-state index contributed by atoms with van der Waals surface area (Å²) in [5.74, 6) is -5.54. The summed E-state index contributed by atoms with van der Waals surface area (Å²) in [4.78, 5) is 73.4. The van der Waals surface area contributed by atoms with E-state index in [2.05, 4.69) is 0 Å². The van der Waals surface area contributed by atoms with Crippen molar-refractivity contribution < 1.29 is 41.9 Å². The molecule has 41 heavy (non-hydrogen) atoms. The maximum atomic E-state index is 14.5. The molecule has 4 atom stereocenters. The maximum absolute atomic E-state index is 14.5. The highest BCUT2D eigenvalue weighted by Gasteiger charge is 2.46. The Balaban J connectivity index is 1.35. The van der Waals surface area contributed by atoms with E-state index in [1.165, 1.54) is 4.90 Å². The molecule has 5 amide bonds. The van der Waals surface area contributed by atoms with Gasteiger partial charge >= 0.3 is 0 Å². The van der Waals surface area contributed by atoms with Gasteiger partial charge in [-0.25, -0.2) is 13.2 Å². The number of alkyl halides is 3. The molecule has 5 aliphatic rings. The van der Waals surface area contributed by atoms with E-state index >= 15 is 0 Å². The predicted octanol–water partition coefficient (Wildman–Crippen LogP) is 0.129. The predicted molar refractivity (Wildman–Crippen MR) is 137 cm³/mol. The number of amides is 5. The molecule has 0 spiro atoms. The normalized spacial score (nSPS) is 31.2. The first-order valence-corrected chi connectivity index (χ1v) is 14.5. The third-order valence-electron chi connectivity index (χ3n) is 9.15. The van der Waals surface area contributed by atoms with Gasteiger partial charge in [0.15, 0.2) is 0 Å². The summed E-state index contributed by atoms with van der Waals surface area (Å²) in [5.41, 5.74) is 0. The van der Waals surface area contributed by atoms with Crippen molar-refractivity contribution in [2.75, 3.05) is 72.1 Å². The highest BCUT2D eigenvalue weighted by Crippen LogP contribution is 2.33. The summed E-state index contributed by atoms with van der Waals surface area (Å²) >= 11 is 0. The Morgan fingerprint density at radius 1 is 0.902 bits per heavy atom. The zero-order valence-corrected chi connectivity index (χ0v) is 23.1. The SMILES string of the molecule is O=C(C[C@@H]1CCN2C[C@@H]1CC(=O)N(CC(=O)N1CCC(F)(F)CC1)CC(=O)N1C[C@@H](F)C[C@H]1C2=O)N1CCOCC1. The van der Waals surface area contributed by atoms with Gasteiger partial charge in [-0.1, -0.05) is 0 Å². The second kappa shape index (κ2) is 12.1. The molecule has 5 heterocycles. The van der Waals surface area contributed by atoms with Gasteiger partial charge in [-0.2, -0.15) is 0 Å². The number of fused-ring (bicyclic) bond motifs is 3. The van der Waals surface area contributed by atoms with Crippen molar-refractivity contribution >= 4 is 29.5 Å². The second-order valence-electron chi connectivity index (χ2n) is 11.9. The van der Waals surface area contributed by atoms with Crippen LogP contribution >= 0.6 is 0 Å². The number of carbonyl (C=O) groups excluding carboxylic acids is 5. The summed E-state index contributed by atoms with van der Waals surface area (Å²) in [6.45, 7) is 0.829. The van der Waals surface area contributed by atoms with E-state index in [0.29, 0.717) is 39.3 Å².